The smallest absolute Gasteiger partial charge is 0.263 e. The molecule has 4 aromatic rings. The van der Waals surface area contributed by atoms with Gasteiger partial charge in [-0.05, 0) is 24.6 Å². The molecule has 0 saturated heterocycles. The molecule has 0 unspecified atom stereocenters. The van der Waals surface area contributed by atoms with Gasteiger partial charge in [0.15, 0.2) is 0 Å². The average molecular weight is 410 g/mol. The van der Waals surface area contributed by atoms with E-state index < -0.39 is 0 Å². The van der Waals surface area contributed by atoms with E-state index in [9.17, 15) is 9.59 Å². The monoisotopic (exact) mass is 409 g/mol. The van der Waals surface area contributed by atoms with Crippen molar-refractivity contribution in [3.63, 3.8) is 0 Å². The van der Waals surface area contributed by atoms with Crippen LogP contribution in [-0.4, -0.2) is 15.5 Å². The fourth-order valence-corrected chi connectivity index (χ4v) is 4.02. The maximum absolute atomic E-state index is 13.0. The van der Waals surface area contributed by atoms with Crippen LogP contribution in [0.2, 0.25) is 5.02 Å². The summed E-state index contributed by atoms with van der Waals surface area (Å²) in [6.07, 6.45) is 1.41. The minimum atomic E-state index is -0.344. The van der Waals surface area contributed by atoms with Gasteiger partial charge in [0.1, 0.15) is 11.4 Å². The summed E-state index contributed by atoms with van der Waals surface area (Å²) in [4.78, 5) is 30.4. The number of nitrogens with one attached hydrogen (secondary N) is 1. The third-order valence-corrected chi connectivity index (χ3v) is 5.60. The highest BCUT2D eigenvalue weighted by atomic mass is 35.5. The number of thiophene rings is 1. The van der Waals surface area contributed by atoms with E-state index in [0.29, 0.717) is 20.9 Å². The van der Waals surface area contributed by atoms with Crippen LogP contribution in [0.3, 0.4) is 0 Å². The predicted molar refractivity (Wildman–Crippen MR) is 114 cm³/mol. The number of rotatable bonds is 4. The summed E-state index contributed by atoms with van der Waals surface area (Å²) < 4.78 is 1.32. The zero-order valence-corrected chi connectivity index (χ0v) is 16.6. The number of halogens is 1. The van der Waals surface area contributed by atoms with Crippen LogP contribution in [0.25, 0.3) is 21.3 Å². The second-order valence-electron chi connectivity index (χ2n) is 6.40. The molecule has 0 aliphatic heterocycles. The number of hydrogen-bond acceptors (Lipinski definition) is 4. The molecule has 0 aliphatic carbocycles. The Balaban J connectivity index is 1.67. The molecule has 140 valence electrons. The molecular weight excluding hydrogens is 394 g/mol. The lowest BCUT2D eigenvalue weighted by Crippen LogP contribution is -2.27. The highest BCUT2D eigenvalue weighted by Crippen LogP contribution is 2.30. The molecule has 2 heterocycles. The second kappa shape index (κ2) is 7.58. The molecule has 0 bridgehead atoms. The summed E-state index contributed by atoms with van der Waals surface area (Å²) in [5, 5.41) is 5.62. The van der Waals surface area contributed by atoms with Gasteiger partial charge >= 0.3 is 0 Å². The quantitative estimate of drug-likeness (QED) is 0.530. The van der Waals surface area contributed by atoms with Crippen LogP contribution in [0.15, 0.2) is 65.0 Å². The molecule has 0 fully saturated rings. The van der Waals surface area contributed by atoms with Crippen molar-refractivity contribution in [2.45, 2.75) is 13.5 Å². The molecule has 0 spiro atoms. The van der Waals surface area contributed by atoms with E-state index in [1.807, 2.05) is 36.6 Å². The Morgan fingerprint density at radius 1 is 1.18 bits per heavy atom. The van der Waals surface area contributed by atoms with Gasteiger partial charge in [0.2, 0.25) is 5.91 Å². The molecule has 0 radical (unpaired) electrons. The molecule has 4 rings (SSSR count). The van der Waals surface area contributed by atoms with Crippen LogP contribution >= 0.6 is 22.9 Å². The first-order chi connectivity index (χ1) is 13.5. The number of amides is 1. The third kappa shape index (κ3) is 3.56. The van der Waals surface area contributed by atoms with E-state index in [-0.39, 0.29) is 18.0 Å². The van der Waals surface area contributed by atoms with Crippen LogP contribution in [0.4, 0.5) is 5.69 Å². The Morgan fingerprint density at radius 3 is 2.68 bits per heavy atom. The van der Waals surface area contributed by atoms with Crippen LogP contribution in [0, 0.1) is 6.92 Å². The Morgan fingerprint density at radius 2 is 1.93 bits per heavy atom. The van der Waals surface area contributed by atoms with E-state index in [4.69, 9.17) is 11.6 Å². The molecule has 1 amide bonds. The lowest BCUT2D eigenvalue weighted by Gasteiger charge is -2.09. The van der Waals surface area contributed by atoms with Crippen LogP contribution in [0.5, 0.6) is 0 Å². The van der Waals surface area contributed by atoms with E-state index in [2.05, 4.69) is 10.3 Å². The summed E-state index contributed by atoms with van der Waals surface area (Å²) in [5.74, 6) is -0.344. The first-order valence-corrected chi connectivity index (χ1v) is 9.87. The Labute approximate surface area is 170 Å². The molecule has 0 atom stereocenters. The number of carbonyl (C=O) groups is 1. The van der Waals surface area contributed by atoms with Crippen molar-refractivity contribution in [3.8, 4) is 11.1 Å². The van der Waals surface area contributed by atoms with Gasteiger partial charge in [0, 0.05) is 10.9 Å². The number of carbonyl (C=O) groups excluding carboxylic acids is 1. The Kier molecular flexibility index (Phi) is 4.98. The van der Waals surface area contributed by atoms with E-state index in [0.717, 1.165) is 16.7 Å². The van der Waals surface area contributed by atoms with Crippen molar-refractivity contribution in [1.82, 2.24) is 9.55 Å². The van der Waals surface area contributed by atoms with Crippen molar-refractivity contribution in [1.29, 1.82) is 0 Å². The van der Waals surface area contributed by atoms with Crippen molar-refractivity contribution < 1.29 is 4.79 Å². The first kappa shape index (κ1) is 18.4. The number of benzene rings is 2. The topological polar surface area (TPSA) is 64.0 Å². The van der Waals surface area contributed by atoms with Gasteiger partial charge < -0.3 is 5.32 Å². The summed E-state index contributed by atoms with van der Waals surface area (Å²) in [5.41, 5.74) is 3.20. The molecular formula is C21H16ClN3O2S. The maximum Gasteiger partial charge on any atom is 0.263 e. The van der Waals surface area contributed by atoms with Gasteiger partial charge in [-0.1, -0.05) is 53.6 Å². The minimum Gasteiger partial charge on any atom is -0.323 e. The highest BCUT2D eigenvalue weighted by molar-refractivity contribution is 7.17. The SMILES string of the molecule is Cc1ccc(-c2csc3ncn(CC(=O)Nc4ccccc4Cl)c(=O)c23)cc1. The van der Waals surface area contributed by atoms with E-state index >= 15 is 0 Å². The number of hydrogen-bond donors (Lipinski definition) is 1. The van der Waals surface area contributed by atoms with Gasteiger partial charge in [-0.3, -0.25) is 14.2 Å². The molecule has 0 saturated carbocycles. The molecule has 0 aliphatic rings. The van der Waals surface area contributed by atoms with Crippen molar-refractivity contribution >= 4 is 44.7 Å². The van der Waals surface area contributed by atoms with Gasteiger partial charge in [-0.25, -0.2) is 4.98 Å². The Hall–Kier alpha value is -2.96. The largest absolute Gasteiger partial charge is 0.323 e. The highest BCUT2D eigenvalue weighted by Gasteiger charge is 2.15. The molecule has 2 aromatic carbocycles. The van der Waals surface area contributed by atoms with Gasteiger partial charge in [0.25, 0.3) is 5.56 Å². The first-order valence-electron chi connectivity index (χ1n) is 8.61. The summed E-state index contributed by atoms with van der Waals surface area (Å²) in [7, 11) is 0. The zero-order valence-electron chi connectivity index (χ0n) is 15.0. The standard InChI is InChI=1S/C21H16ClN3O2S/c1-13-6-8-14(9-7-13)15-11-28-20-19(15)21(27)25(12-23-20)10-18(26)24-17-5-3-2-4-16(17)22/h2-9,11-12H,10H2,1H3,(H,24,26). The van der Waals surface area contributed by atoms with Crippen molar-refractivity contribution in [2.24, 2.45) is 0 Å². The predicted octanol–water partition coefficient (Wildman–Crippen LogP) is 4.73. The second-order valence-corrected chi connectivity index (χ2v) is 7.67. The van der Waals surface area contributed by atoms with Crippen LogP contribution in [0.1, 0.15) is 5.56 Å². The summed E-state index contributed by atoms with van der Waals surface area (Å²) >= 11 is 7.49. The van der Waals surface area contributed by atoms with Crippen LogP contribution in [-0.2, 0) is 11.3 Å². The third-order valence-electron chi connectivity index (χ3n) is 4.39. The number of aromatic nitrogens is 2. The number of aryl methyl sites for hydroxylation is 1. The number of para-hydroxylation sites is 1. The molecule has 1 N–H and O–H groups in total. The van der Waals surface area contributed by atoms with Gasteiger partial charge in [0.05, 0.1) is 22.4 Å². The van der Waals surface area contributed by atoms with E-state index in [1.165, 1.54) is 22.2 Å². The maximum atomic E-state index is 13.0. The average Bonchev–Trinajstić information content (AvgIpc) is 3.11. The molecule has 5 nitrogen and oxygen atoms in total. The molecule has 7 heteroatoms. The number of nitrogens with zero attached hydrogens (tertiary/aromatic N) is 2. The number of anilines is 1. The minimum absolute atomic E-state index is 0.143. The van der Waals surface area contributed by atoms with Crippen molar-refractivity contribution in [3.05, 3.63) is 81.2 Å². The fraction of sp³-hybridized carbons (Fsp3) is 0.0952. The fourth-order valence-electron chi connectivity index (χ4n) is 2.93. The summed E-state index contributed by atoms with van der Waals surface area (Å²) in [6, 6.07) is 14.9. The molecule has 28 heavy (non-hydrogen) atoms. The van der Waals surface area contributed by atoms with Crippen molar-refractivity contribution in [2.75, 3.05) is 5.32 Å². The Bertz CT molecular complexity index is 1230. The van der Waals surface area contributed by atoms with Gasteiger partial charge in [-0.2, -0.15) is 0 Å². The zero-order chi connectivity index (χ0) is 19.7. The lowest BCUT2D eigenvalue weighted by molar-refractivity contribution is -0.116. The lowest BCUT2D eigenvalue weighted by atomic mass is 10.1. The van der Waals surface area contributed by atoms with E-state index in [1.54, 1.807) is 24.3 Å². The van der Waals surface area contributed by atoms with Gasteiger partial charge in [-0.15, -0.1) is 11.3 Å². The number of fused-ring (bicyclic) bond motifs is 1. The normalized spacial score (nSPS) is 10.9. The van der Waals surface area contributed by atoms with Crippen LogP contribution < -0.4 is 10.9 Å². The molecule has 2 aromatic heterocycles. The summed E-state index contributed by atoms with van der Waals surface area (Å²) in [6.45, 7) is 1.87.